The first-order chi connectivity index (χ1) is 16.8. The Morgan fingerprint density at radius 2 is 1.89 bits per heavy atom. The molecule has 0 radical (unpaired) electrons. The van der Waals surface area contributed by atoms with E-state index in [1.807, 2.05) is 0 Å². The van der Waals surface area contributed by atoms with Crippen molar-refractivity contribution in [2.45, 2.75) is 25.4 Å². The first kappa shape index (κ1) is 25.0. The van der Waals surface area contributed by atoms with E-state index in [2.05, 4.69) is 37.3 Å². The number of amides is 1. The number of anilines is 2. The van der Waals surface area contributed by atoms with E-state index in [0.717, 1.165) is 5.01 Å². The second-order valence-electron chi connectivity index (χ2n) is 7.30. The fourth-order valence-electron chi connectivity index (χ4n) is 3.17. The summed E-state index contributed by atoms with van der Waals surface area (Å²) in [7, 11) is 0. The summed E-state index contributed by atoms with van der Waals surface area (Å²) in [5, 5.41) is 22.7. The van der Waals surface area contributed by atoms with Crippen LogP contribution in [-0.4, -0.2) is 65.6 Å². The molecule has 0 aliphatic heterocycles. The highest BCUT2D eigenvalue weighted by atomic mass is 16.4. The van der Waals surface area contributed by atoms with Crippen molar-refractivity contribution in [1.29, 1.82) is 0 Å². The Balaban J connectivity index is 1.91. The number of benzene rings is 1. The number of nitrogens with zero attached hydrogens (tertiary/aromatic N) is 5. The highest BCUT2D eigenvalue weighted by Crippen LogP contribution is 2.18. The highest BCUT2D eigenvalue weighted by Gasteiger charge is 2.31. The van der Waals surface area contributed by atoms with Crippen molar-refractivity contribution < 1.29 is 24.6 Å². The van der Waals surface area contributed by atoms with Crippen LogP contribution in [0.3, 0.4) is 0 Å². The largest absolute Gasteiger partial charge is 0.481 e. The predicted octanol–water partition coefficient (Wildman–Crippen LogP) is 1.06. The zero-order chi connectivity index (χ0) is 25.4. The summed E-state index contributed by atoms with van der Waals surface area (Å²) in [6, 6.07) is 6.60. The third-order valence-corrected chi connectivity index (χ3v) is 4.79. The number of hydrogen-bond donors (Lipinski definition) is 5. The number of aliphatic carboxylic acids is 2. The molecule has 0 spiro atoms. The minimum atomic E-state index is -1.44. The van der Waals surface area contributed by atoms with Crippen LogP contribution >= 0.6 is 0 Å². The average Bonchev–Trinajstić information content (AvgIpc) is 2.84. The van der Waals surface area contributed by atoms with E-state index < -0.39 is 30.3 Å². The molecule has 13 heteroatoms. The molecule has 1 amide bonds. The molecule has 3 rings (SSSR count). The number of carbonyl (C=O) groups is 3. The molecule has 3 aromatic rings. The van der Waals surface area contributed by atoms with Crippen LogP contribution in [0.4, 0.5) is 11.8 Å². The molecule has 1 atom stereocenters. The normalized spacial score (nSPS) is 11.5. The zero-order valence-corrected chi connectivity index (χ0v) is 18.6. The fourth-order valence-corrected chi connectivity index (χ4v) is 3.17. The van der Waals surface area contributed by atoms with Gasteiger partial charge in [0, 0.05) is 18.5 Å². The molecule has 0 bridgehead atoms. The van der Waals surface area contributed by atoms with Crippen molar-refractivity contribution in [3.8, 4) is 0 Å². The van der Waals surface area contributed by atoms with Crippen LogP contribution in [0.2, 0.25) is 0 Å². The second-order valence-corrected chi connectivity index (χ2v) is 7.30. The Hall–Kier alpha value is -4.65. The van der Waals surface area contributed by atoms with E-state index >= 15 is 0 Å². The Labute approximate surface area is 199 Å². The predicted molar refractivity (Wildman–Crippen MR) is 126 cm³/mol. The average molecular weight is 480 g/mol. The summed E-state index contributed by atoms with van der Waals surface area (Å²) in [6.07, 6.45) is 2.28. The van der Waals surface area contributed by atoms with Gasteiger partial charge < -0.3 is 21.3 Å². The van der Waals surface area contributed by atoms with Gasteiger partial charge in [-0.25, -0.2) is 20.2 Å². The molecule has 2 heterocycles. The minimum absolute atomic E-state index is 0.00611. The van der Waals surface area contributed by atoms with Crippen molar-refractivity contribution in [2.75, 3.05) is 17.6 Å². The lowest BCUT2D eigenvalue weighted by molar-refractivity contribution is -0.144. The van der Waals surface area contributed by atoms with Crippen molar-refractivity contribution in [2.24, 2.45) is 0 Å². The number of nitrogen functional groups attached to an aromatic ring is 1. The van der Waals surface area contributed by atoms with E-state index in [-0.39, 0.29) is 30.1 Å². The second kappa shape index (κ2) is 11.5. The number of aromatic nitrogens is 4. The van der Waals surface area contributed by atoms with Gasteiger partial charge in [0.15, 0.2) is 17.0 Å². The lowest BCUT2D eigenvalue weighted by atomic mass is 10.1. The van der Waals surface area contributed by atoms with E-state index in [0.29, 0.717) is 23.6 Å². The molecule has 182 valence electrons. The molecular weight excluding hydrogens is 456 g/mol. The summed E-state index contributed by atoms with van der Waals surface area (Å²) in [5.74, 6) is -2.83. The lowest BCUT2D eigenvalue weighted by Gasteiger charge is -2.29. The molecule has 6 N–H and O–H groups in total. The minimum Gasteiger partial charge on any atom is -0.481 e. The molecule has 0 aliphatic rings. The Bertz CT molecular complexity index is 1240. The number of rotatable bonds is 12. The number of carboxylic acid groups (broad SMARTS) is 2. The number of nitrogens with two attached hydrogens (primary N) is 1. The number of hydrazine groups is 1. The van der Waals surface area contributed by atoms with Crippen molar-refractivity contribution >= 4 is 40.8 Å². The summed E-state index contributed by atoms with van der Waals surface area (Å²) in [4.78, 5) is 53.0. The molecule has 0 fully saturated rings. The molecule has 35 heavy (non-hydrogen) atoms. The van der Waals surface area contributed by atoms with Crippen molar-refractivity contribution in [1.82, 2.24) is 30.4 Å². The van der Waals surface area contributed by atoms with Gasteiger partial charge in [-0.05, 0) is 18.6 Å². The van der Waals surface area contributed by atoms with Crippen LogP contribution in [0.25, 0.3) is 11.2 Å². The molecule has 1 aromatic carbocycles. The van der Waals surface area contributed by atoms with Gasteiger partial charge in [-0.2, -0.15) is 9.97 Å². The Morgan fingerprint density at radius 3 is 2.54 bits per heavy atom. The van der Waals surface area contributed by atoms with E-state index in [9.17, 15) is 19.5 Å². The Morgan fingerprint density at radius 1 is 1.14 bits per heavy atom. The number of nitrogens with one attached hydrogen (secondary N) is 2. The van der Waals surface area contributed by atoms with Gasteiger partial charge in [0.05, 0.1) is 18.4 Å². The SMILES string of the molecule is C=CCNc1nc(N)nc2ncc(CNN(C(=O)c3ccccc3)[C@@H](CCC(=O)O)C(=O)O)nc12. The van der Waals surface area contributed by atoms with E-state index in [4.69, 9.17) is 10.8 Å². The van der Waals surface area contributed by atoms with Gasteiger partial charge in [-0.1, -0.05) is 24.3 Å². The summed E-state index contributed by atoms with van der Waals surface area (Å²) in [6.45, 7) is 3.93. The lowest BCUT2D eigenvalue weighted by Crippen LogP contribution is -2.52. The van der Waals surface area contributed by atoms with E-state index in [1.54, 1.807) is 24.3 Å². The van der Waals surface area contributed by atoms with Crippen molar-refractivity contribution in [3.05, 3.63) is 60.4 Å². The maximum atomic E-state index is 13.1. The maximum Gasteiger partial charge on any atom is 0.328 e. The zero-order valence-electron chi connectivity index (χ0n) is 18.6. The first-order valence-corrected chi connectivity index (χ1v) is 10.5. The molecule has 0 saturated heterocycles. The first-order valence-electron chi connectivity index (χ1n) is 10.5. The standard InChI is InChI=1S/C22H24N8O5/c1-2-10-24-18-17-19(29-22(23)28-18)25-11-14(27-17)12-26-30(15(21(34)35)8-9-16(31)32)20(33)13-6-4-3-5-7-13/h2-7,11,15,26H,1,8-10,12H2,(H,31,32)(H,34,35)(H3,23,24,25,28,29)/t15-/m0/s1. The van der Waals surface area contributed by atoms with Crippen LogP contribution in [0.15, 0.2) is 49.2 Å². The van der Waals surface area contributed by atoms with Gasteiger partial charge >= 0.3 is 11.9 Å². The van der Waals surface area contributed by atoms with Gasteiger partial charge in [0.25, 0.3) is 5.91 Å². The number of carbonyl (C=O) groups excluding carboxylic acids is 1. The number of hydrogen-bond acceptors (Lipinski definition) is 10. The van der Waals surface area contributed by atoms with Gasteiger partial charge in [-0.15, -0.1) is 6.58 Å². The molecule has 0 unspecified atom stereocenters. The van der Waals surface area contributed by atoms with Crippen molar-refractivity contribution in [3.63, 3.8) is 0 Å². The van der Waals surface area contributed by atoms with Crippen LogP contribution in [0, 0.1) is 0 Å². The quantitative estimate of drug-likeness (QED) is 0.183. The topological polar surface area (TPSA) is 197 Å². The molecule has 2 aromatic heterocycles. The van der Waals surface area contributed by atoms with Crippen LogP contribution in [0.5, 0.6) is 0 Å². The summed E-state index contributed by atoms with van der Waals surface area (Å²) >= 11 is 0. The molecule has 13 nitrogen and oxygen atoms in total. The summed E-state index contributed by atoms with van der Waals surface area (Å²) < 4.78 is 0. The monoisotopic (exact) mass is 480 g/mol. The van der Waals surface area contributed by atoms with Gasteiger partial charge in [-0.3, -0.25) is 14.6 Å². The third kappa shape index (κ3) is 6.45. The van der Waals surface area contributed by atoms with Crippen LogP contribution < -0.4 is 16.5 Å². The number of fused-ring (bicyclic) bond motifs is 1. The van der Waals surface area contributed by atoms with Gasteiger partial charge in [0.2, 0.25) is 5.95 Å². The smallest absolute Gasteiger partial charge is 0.328 e. The van der Waals surface area contributed by atoms with Gasteiger partial charge in [0.1, 0.15) is 6.04 Å². The molecule has 0 saturated carbocycles. The number of carboxylic acids is 2. The van der Waals surface area contributed by atoms with Crippen LogP contribution in [-0.2, 0) is 16.1 Å². The fraction of sp³-hybridized carbons (Fsp3) is 0.227. The Kier molecular flexibility index (Phi) is 8.19. The highest BCUT2D eigenvalue weighted by molar-refractivity contribution is 5.96. The molecular formula is C22H24N8O5. The van der Waals surface area contributed by atoms with E-state index in [1.165, 1.54) is 18.3 Å². The molecule has 0 aliphatic carbocycles. The maximum absolute atomic E-state index is 13.1. The third-order valence-electron chi connectivity index (χ3n) is 4.79. The van der Waals surface area contributed by atoms with Crippen LogP contribution in [0.1, 0.15) is 28.9 Å². The summed E-state index contributed by atoms with van der Waals surface area (Å²) in [5.41, 5.74) is 9.65.